The minimum atomic E-state index is -3.55. The van der Waals surface area contributed by atoms with Crippen LogP contribution in [0.2, 0.25) is 0 Å². The smallest absolute Gasteiger partial charge is 0.243 e. The number of carbonyl (C=O) groups excluding carboxylic acids is 1. The number of benzene rings is 2. The molecule has 10 heteroatoms. The van der Waals surface area contributed by atoms with E-state index in [-0.39, 0.29) is 17.3 Å². The second kappa shape index (κ2) is 11.3. The fourth-order valence-electron chi connectivity index (χ4n) is 4.13. The Morgan fingerprint density at radius 2 is 1.62 bits per heavy atom. The summed E-state index contributed by atoms with van der Waals surface area (Å²) in [5, 5.41) is 2.93. The first-order valence-electron chi connectivity index (χ1n) is 11.5. The van der Waals surface area contributed by atoms with Gasteiger partial charge in [0.05, 0.1) is 37.9 Å². The van der Waals surface area contributed by atoms with E-state index >= 15 is 0 Å². The Balaban J connectivity index is 1.30. The molecule has 184 valence electrons. The van der Waals surface area contributed by atoms with Crippen molar-refractivity contribution in [1.82, 2.24) is 9.21 Å². The molecule has 2 aliphatic heterocycles. The SMILES string of the molecule is CN(CC(=O)Nc1ccc(N2CCOCC2)cc1)Cc1cccc(S(=O)(=O)N2CCOCC2)c1. The average Bonchev–Trinajstić information content (AvgIpc) is 2.85. The molecule has 2 aromatic rings. The Kier molecular flexibility index (Phi) is 8.17. The third-order valence-electron chi connectivity index (χ3n) is 5.90. The van der Waals surface area contributed by atoms with Gasteiger partial charge in [0, 0.05) is 44.1 Å². The number of morpholine rings is 2. The second-order valence-corrected chi connectivity index (χ2v) is 10.5. The molecule has 1 amide bonds. The summed E-state index contributed by atoms with van der Waals surface area (Å²) in [6.45, 7) is 5.37. The molecule has 0 unspecified atom stereocenters. The van der Waals surface area contributed by atoms with Gasteiger partial charge in [-0.2, -0.15) is 4.31 Å². The van der Waals surface area contributed by atoms with Crippen molar-refractivity contribution in [2.24, 2.45) is 0 Å². The maximum absolute atomic E-state index is 12.9. The number of amides is 1. The molecule has 2 heterocycles. The van der Waals surface area contributed by atoms with Crippen LogP contribution in [-0.2, 0) is 30.8 Å². The monoisotopic (exact) mass is 488 g/mol. The molecule has 0 spiro atoms. The highest BCUT2D eigenvalue weighted by molar-refractivity contribution is 7.89. The van der Waals surface area contributed by atoms with Gasteiger partial charge in [-0.1, -0.05) is 12.1 Å². The van der Waals surface area contributed by atoms with Crippen molar-refractivity contribution in [3.8, 4) is 0 Å². The van der Waals surface area contributed by atoms with Gasteiger partial charge in [0.15, 0.2) is 0 Å². The summed E-state index contributed by atoms with van der Waals surface area (Å²) in [5.41, 5.74) is 2.69. The van der Waals surface area contributed by atoms with Crippen molar-refractivity contribution in [2.45, 2.75) is 11.4 Å². The Hall–Kier alpha value is -2.50. The van der Waals surface area contributed by atoms with Crippen molar-refractivity contribution >= 4 is 27.3 Å². The highest BCUT2D eigenvalue weighted by Crippen LogP contribution is 2.20. The molecule has 0 saturated carbocycles. The fourth-order valence-corrected chi connectivity index (χ4v) is 5.61. The van der Waals surface area contributed by atoms with Crippen molar-refractivity contribution in [2.75, 3.05) is 76.4 Å². The average molecular weight is 489 g/mol. The fraction of sp³-hybridized carbons (Fsp3) is 0.458. The van der Waals surface area contributed by atoms with Crippen LogP contribution in [-0.4, -0.2) is 89.7 Å². The van der Waals surface area contributed by atoms with E-state index in [1.165, 1.54) is 4.31 Å². The van der Waals surface area contributed by atoms with E-state index in [4.69, 9.17) is 9.47 Å². The largest absolute Gasteiger partial charge is 0.379 e. The lowest BCUT2D eigenvalue weighted by Gasteiger charge is -2.28. The molecule has 4 rings (SSSR count). The molecule has 1 N–H and O–H groups in total. The molecule has 0 atom stereocenters. The van der Waals surface area contributed by atoms with E-state index in [9.17, 15) is 13.2 Å². The lowest BCUT2D eigenvalue weighted by atomic mass is 10.2. The number of hydrogen-bond acceptors (Lipinski definition) is 7. The quantitative estimate of drug-likeness (QED) is 0.604. The first-order valence-corrected chi connectivity index (χ1v) is 12.9. The molecule has 2 aliphatic rings. The summed E-state index contributed by atoms with van der Waals surface area (Å²) in [4.78, 5) is 16.9. The van der Waals surface area contributed by atoms with Gasteiger partial charge in [-0.15, -0.1) is 0 Å². The van der Waals surface area contributed by atoms with Crippen LogP contribution in [0.5, 0.6) is 0 Å². The zero-order valence-corrected chi connectivity index (χ0v) is 20.3. The summed E-state index contributed by atoms with van der Waals surface area (Å²) >= 11 is 0. The summed E-state index contributed by atoms with van der Waals surface area (Å²) < 4.78 is 37.9. The van der Waals surface area contributed by atoms with Crippen molar-refractivity contribution in [3.05, 3.63) is 54.1 Å². The molecule has 0 aromatic heterocycles. The van der Waals surface area contributed by atoms with Crippen LogP contribution in [0.4, 0.5) is 11.4 Å². The van der Waals surface area contributed by atoms with Gasteiger partial charge in [0.2, 0.25) is 15.9 Å². The molecule has 2 aromatic carbocycles. The Morgan fingerprint density at radius 1 is 0.971 bits per heavy atom. The van der Waals surface area contributed by atoms with E-state index in [1.807, 2.05) is 42.3 Å². The van der Waals surface area contributed by atoms with Crippen LogP contribution < -0.4 is 10.2 Å². The van der Waals surface area contributed by atoms with Crippen molar-refractivity contribution < 1.29 is 22.7 Å². The van der Waals surface area contributed by atoms with Gasteiger partial charge >= 0.3 is 0 Å². The minimum Gasteiger partial charge on any atom is -0.379 e. The molecule has 2 saturated heterocycles. The first kappa shape index (κ1) is 24.6. The highest BCUT2D eigenvalue weighted by Gasteiger charge is 2.26. The number of rotatable bonds is 8. The van der Waals surface area contributed by atoms with Crippen LogP contribution in [0.25, 0.3) is 0 Å². The predicted molar refractivity (Wildman–Crippen MR) is 130 cm³/mol. The topological polar surface area (TPSA) is 91.4 Å². The number of carbonyl (C=O) groups is 1. The van der Waals surface area contributed by atoms with Crippen LogP contribution in [0.3, 0.4) is 0 Å². The van der Waals surface area contributed by atoms with Gasteiger partial charge in [-0.05, 0) is 49.0 Å². The maximum Gasteiger partial charge on any atom is 0.243 e. The molecule has 9 nitrogen and oxygen atoms in total. The zero-order chi connectivity index (χ0) is 24.0. The van der Waals surface area contributed by atoms with Gasteiger partial charge in [-0.3, -0.25) is 9.69 Å². The number of anilines is 2. The zero-order valence-electron chi connectivity index (χ0n) is 19.5. The Bertz CT molecular complexity index is 1070. The summed E-state index contributed by atoms with van der Waals surface area (Å²) in [6, 6.07) is 14.7. The highest BCUT2D eigenvalue weighted by atomic mass is 32.2. The van der Waals surface area contributed by atoms with E-state index in [0.29, 0.717) is 32.8 Å². The molecule has 0 aliphatic carbocycles. The van der Waals surface area contributed by atoms with E-state index in [2.05, 4.69) is 10.2 Å². The van der Waals surface area contributed by atoms with Crippen molar-refractivity contribution in [3.63, 3.8) is 0 Å². The molecular formula is C24H32N4O5S. The maximum atomic E-state index is 12.9. The Labute approximate surface area is 201 Å². The number of ether oxygens (including phenoxy) is 2. The molecular weight excluding hydrogens is 456 g/mol. The molecule has 2 fully saturated rings. The van der Waals surface area contributed by atoms with E-state index in [0.717, 1.165) is 43.2 Å². The number of likely N-dealkylation sites (N-methyl/N-ethyl adjacent to an activating group) is 1. The van der Waals surface area contributed by atoms with Crippen LogP contribution in [0, 0.1) is 0 Å². The van der Waals surface area contributed by atoms with Gasteiger partial charge in [0.1, 0.15) is 0 Å². The predicted octanol–water partition coefficient (Wildman–Crippen LogP) is 1.61. The summed E-state index contributed by atoms with van der Waals surface area (Å²) in [7, 11) is -1.71. The Morgan fingerprint density at radius 3 is 2.29 bits per heavy atom. The lowest BCUT2D eigenvalue weighted by Crippen LogP contribution is -2.40. The van der Waals surface area contributed by atoms with Crippen LogP contribution >= 0.6 is 0 Å². The lowest BCUT2D eigenvalue weighted by molar-refractivity contribution is -0.117. The van der Waals surface area contributed by atoms with E-state index < -0.39 is 10.0 Å². The number of hydrogen-bond donors (Lipinski definition) is 1. The van der Waals surface area contributed by atoms with Gasteiger partial charge in [-0.25, -0.2) is 8.42 Å². The van der Waals surface area contributed by atoms with Gasteiger partial charge in [0.25, 0.3) is 0 Å². The van der Waals surface area contributed by atoms with Crippen molar-refractivity contribution in [1.29, 1.82) is 0 Å². The van der Waals surface area contributed by atoms with E-state index in [1.54, 1.807) is 18.2 Å². The summed E-state index contributed by atoms with van der Waals surface area (Å²) in [6.07, 6.45) is 0. The summed E-state index contributed by atoms with van der Waals surface area (Å²) in [5.74, 6) is -0.126. The minimum absolute atomic E-state index is 0.126. The molecule has 0 bridgehead atoms. The van der Waals surface area contributed by atoms with Crippen LogP contribution in [0.15, 0.2) is 53.4 Å². The normalized spacial score (nSPS) is 17.6. The first-order chi connectivity index (χ1) is 16.4. The third kappa shape index (κ3) is 6.34. The number of sulfonamides is 1. The number of nitrogens with zero attached hydrogens (tertiary/aromatic N) is 3. The second-order valence-electron chi connectivity index (χ2n) is 8.53. The third-order valence-corrected chi connectivity index (χ3v) is 7.79. The molecule has 34 heavy (non-hydrogen) atoms. The standard InChI is InChI=1S/C24H32N4O5S/c1-26(18-20-3-2-4-23(17-20)34(30,31)28-11-15-33-16-12-28)19-24(29)25-21-5-7-22(8-6-21)27-9-13-32-14-10-27/h2-8,17H,9-16,18-19H2,1H3,(H,25,29). The van der Waals surface area contributed by atoms with Crippen LogP contribution in [0.1, 0.15) is 5.56 Å². The number of nitrogens with one attached hydrogen (secondary N) is 1. The van der Waals surface area contributed by atoms with Gasteiger partial charge < -0.3 is 19.7 Å². The molecule has 0 radical (unpaired) electrons.